The van der Waals surface area contributed by atoms with Crippen LogP contribution in [0.2, 0.25) is 0 Å². The lowest BCUT2D eigenvalue weighted by Gasteiger charge is -2.09. The number of anilines is 1. The molecule has 21 heavy (non-hydrogen) atoms. The molecule has 0 radical (unpaired) electrons. The highest BCUT2D eigenvalue weighted by Crippen LogP contribution is 2.20. The first-order chi connectivity index (χ1) is 10.0. The normalized spacial score (nSPS) is 11.5. The number of oxime groups is 1. The molecule has 1 heterocycles. The second-order valence-corrected chi connectivity index (χ2v) is 4.11. The average Bonchev–Trinajstić information content (AvgIpc) is 2.51. The van der Waals surface area contributed by atoms with Gasteiger partial charge in [-0.15, -0.1) is 0 Å². The third-order valence-corrected chi connectivity index (χ3v) is 2.71. The highest BCUT2D eigenvalue weighted by atomic mass is 19.2. The molecule has 110 valence electrons. The number of halogens is 3. The van der Waals surface area contributed by atoms with E-state index in [9.17, 15) is 13.2 Å². The molecule has 0 atom stereocenters. The number of benzene rings is 1. The maximum atomic E-state index is 13.5. The van der Waals surface area contributed by atoms with Gasteiger partial charge in [-0.1, -0.05) is 5.16 Å². The number of amidine groups is 1. The Morgan fingerprint density at radius 1 is 1.24 bits per heavy atom. The summed E-state index contributed by atoms with van der Waals surface area (Å²) in [7, 11) is 0. The van der Waals surface area contributed by atoms with Crippen molar-refractivity contribution in [2.45, 2.75) is 6.54 Å². The Kier molecular flexibility index (Phi) is 4.27. The maximum Gasteiger partial charge on any atom is 0.196 e. The zero-order chi connectivity index (χ0) is 15.4. The van der Waals surface area contributed by atoms with Crippen molar-refractivity contribution in [2.75, 3.05) is 5.32 Å². The number of nitrogens with one attached hydrogen (secondary N) is 1. The van der Waals surface area contributed by atoms with Crippen LogP contribution in [0.15, 0.2) is 35.6 Å². The largest absolute Gasteiger partial charge is 0.409 e. The molecular formula is C13H11F3N4O. The van der Waals surface area contributed by atoms with Gasteiger partial charge in [0.25, 0.3) is 0 Å². The summed E-state index contributed by atoms with van der Waals surface area (Å²) in [6.45, 7) is 0.121. The fraction of sp³-hybridized carbons (Fsp3) is 0.0769. The first kappa shape index (κ1) is 14.6. The number of nitrogens with two attached hydrogens (primary N) is 1. The second-order valence-electron chi connectivity index (χ2n) is 4.11. The van der Waals surface area contributed by atoms with E-state index in [0.717, 1.165) is 12.1 Å². The Bertz CT molecular complexity index is 691. The first-order valence-electron chi connectivity index (χ1n) is 5.83. The molecule has 1 aromatic carbocycles. The van der Waals surface area contributed by atoms with E-state index in [1.165, 1.54) is 12.3 Å². The second kappa shape index (κ2) is 6.12. The number of hydrogen-bond donors (Lipinski definition) is 3. The van der Waals surface area contributed by atoms with Crippen LogP contribution >= 0.6 is 0 Å². The molecule has 1 aromatic heterocycles. The van der Waals surface area contributed by atoms with Crippen molar-refractivity contribution in [3.63, 3.8) is 0 Å². The minimum absolute atomic E-state index is 0.121. The van der Waals surface area contributed by atoms with Gasteiger partial charge in [0.05, 0.1) is 5.69 Å². The fourth-order valence-corrected chi connectivity index (χ4v) is 1.64. The molecule has 0 aliphatic rings. The lowest BCUT2D eigenvalue weighted by molar-refractivity contribution is 0.318. The van der Waals surface area contributed by atoms with Gasteiger partial charge in [0.15, 0.2) is 23.3 Å². The van der Waals surface area contributed by atoms with Crippen LogP contribution < -0.4 is 11.1 Å². The van der Waals surface area contributed by atoms with Crippen molar-refractivity contribution in [3.8, 4) is 0 Å². The lowest BCUT2D eigenvalue weighted by Crippen LogP contribution is -2.15. The molecule has 0 aliphatic heterocycles. The zero-order valence-electron chi connectivity index (χ0n) is 10.6. The summed E-state index contributed by atoms with van der Waals surface area (Å²) < 4.78 is 39.3. The third-order valence-electron chi connectivity index (χ3n) is 2.71. The molecule has 4 N–H and O–H groups in total. The van der Waals surface area contributed by atoms with E-state index in [2.05, 4.69) is 15.5 Å². The summed E-state index contributed by atoms with van der Waals surface area (Å²) in [6.07, 6.45) is 1.42. The Morgan fingerprint density at radius 3 is 2.71 bits per heavy atom. The predicted octanol–water partition coefficient (Wildman–Crippen LogP) is 2.21. The first-order valence-corrected chi connectivity index (χ1v) is 5.83. The highest BCUT2D eigenvalue weighted by molar-refractivity contribution is 5.95. The highest BCUT2D eigenvalue weighted by Gasteiger charge is 2.13. The zero-order valence-corrected chi connectivity index (χ0v) is 10.6. The molecule has 0 saturated carbocycles. The number of nitrogens with zero attached hydrogens (tertiary/aromatic N) is 2. The van der Waals surface area contributed by atoms with Crippen LogP contribution in [0.5, 0.6) is 0 Å². The molecule has 8 heteroatoms. The summed E-state index contributed by atoms with van der Waals surface area (Å²) in [5.41, 5.74) is 6.10. The van der Waals surface area contributed by atoms with Crippen molar-refractivity contribution >= 4 is 11.5 Å². The van der Waals surface area contributed by atoms with E-state index in [1.807, 2.05) is 0 Å². The SMILES string of the molecule is NC(=NO)c1cc(CNc2ccc(F)c(F)c2F)ccn1. The van der Waals surface area contributed by atoms with Crippen LogP contribution in [0.3, 0.4) is 0 Å². The number of aromatic nitrogens is 1. The van der Waals surface area contributed by atoms with Gasteiger partial charge < -0.3 is 16.3 Å². The van der Waals surface area contributed by atoms with E-state index >= 15 is 0 Å². The van der Waals surface area contributed by atoms with Gasteiger partial charge in [0.1, 0.15) is 5.69 Å². The molecule has 0 fully saturated rings. The van der Waals surface area contributed by atoms with E-state index in [0.29, 0.717) is 5.56 Å². The topological polar surface area (TPSA) is 83.5 Å². The minimum atomic E-state index is -1.54. The van der Waals surface area contributed by atoms with Crippen LogP contribution in [-0.4, -0.2) is 16.0 Å². The van der Waals surface area contributed by atoms with Crippen molar-refractivity contribution in [2.24, 2.45) is 10.9 Å². The van der Waals surface area contributed by atoms with E-state index in [-0.39, 0.29) is 23.8 Å². The Hall–Kier alpha value is -2.77. The number of rotatable bonds is 4. The van der Waals surface area contributed by atoms with Crippen molar-refractivity contribution < 1.29 is 18.4 Å². The van der Waals surface area contributed by atoms with E-state index < -0.39 is 17.5 Å². The van der Waals surface area contributed by atoms with Gasteiger partial charge in [-0.3, -0.25) is 4.98 Å². The van der Waals surface area contributed by atoms with Crippen LogP contribution in [-0.2, 0) is 6.54 Å². The van der Waals surface area contributed by atoms with Crippen LogP contribution in [0, 0.1) is 17.5 Å². The molecule has 0 amide bonds. The van der Waals surface area contributed by atoms with Gasteiger partial charge in [-0.25, -0.2) is 13.2 Å². The fourth-order valence-electron chi connectivity index (χ4n) is 1.64. The van der Waals surface area contributed by atoms with Gasteiger partial charge >= 0.3 is 0 Å². The molecule has 0 bridgehead atoms. The van der Waals surface area contributed by atoms with Gasteiger partial charge in [-0.2, -0.15) is 0 Å². The average molecular weight is 296 g/mol. The smallest absolute Gasteiger partial charge is 0.196 e. The van der Waals surface area contributed by atoms with Crippen LogP contribution in [0.25, 0.3) is 0 Å². The summed E-state index contributed by atoms with van der Waals surface area (Å²) in [5, 5.41) is 14.0. The van der Waals surface area contributed by atoms with Gasteiger partial charge in [0, 0.05) is 12.7 Å². The number of pyridine rings is 1. The number of hydrogen-bond acceptors (Lipinski definition) is 4. The third kappa shape index (κ3) is 3.22. The summed E-state index contributed by atoms with van der Waals surface area (Å²) in [4.78, 5) is 3.88. The van der Waals surface area contributed by atoms with Crippen molar-refractivity contribution in [3.05, 3.63) is 59.2 Å². The molecule has 0 unspecified atom stereocenters. The molecule has 0 aliphatic carbocycles. The molecular weight excluding hydrogens is 285 g/mol. The van der Waals surface area contributed by atoms with Gasteiger partial charge in [-0.05, 0) is 29.8 Å². The minimum Gasteiger partial charge on any atom is -0.409 e. The molecule has 2 rings (SSSR count). The Balaban J connectivity index is 2.15. The van der Waals surface area contributed by atoms with Crippen molar-refractivity contribution in [1.82, 2.24) is 4.98 Å². The molecule has 0 spiro atoms. The standard InChI is InChI=1S/C13H11F3N4O/c14-8-1-2-9(12(16)11(8)15)19-6-7-3-4-18-10(5-7)13(17)20-21/h1-5,19,21H,6H2,(H2,17,20). The van der Waals surface area contributed by atoms with E-state index in [4.69, 9.17) is 10.9 Å². The van der Waals surface area contributed by atoms with E-state index in [1.54, 1.807) is 6.07 Å². The Labute approximate surface area is 117 Å². The molecule has 5 nitrogen and oxygen atoms in total. The van der Waals surface area contributed by atoms with Crippen LogP contribution in [0.4, 0.5) is 18.9 Å². The lowest BCUT2D eigenvalue weighted by atomic mass is 10.2. The predicted molar refractivity (Wildman–Crippen MR) is 70.4 cm³/mol. The van der Waals surface area contributed by atoms with Crippen LogP contribution in [0.1, 0.15) is 11.3 Å². The summed E-state index contributed by atoms with van der Waals surface area (Å²) >= 11 is 0. The summed E-state index contributed by atoms with van der Waals surface area (Å²) in [5.74, 6) is -4.25. The Morgan fingerprint density at radius 2 is 2.00 bits per heavy atom. The molecule has 2 aromatic rings. The summed E-state index contributed by atoms with van der Waals surface area (Å²) in [6, 6.07) is 5.05. The maximum absolute atomic E-state index is 13.5. The monoisotopic (exact) mass is 296 g/mol. The quantitative estimate of drug-likeness (QED) is 0.265. The van der Waals surface area contributed by atoms with Gasteiger partial charge in [0.2, 0.25) is 0 Å². The van der Waals surface area contributed by atoms with Crippen molar-refractivity contribution in [1.29, 1.82) is 0 Å². The molecule has 0 saturated heterocycles.